The molecule has 0 saturated heterocycles. The number of hydrogen-bond donors (Lipinski definition) is 1. The number of nitrogens with one attached hydrogen (secondary N) is 1. The average molecular weight is 224 g/mol. The van der Waals surface area contributed by atoms with E-state index in [1.165, 1.54) is 12.1 Å². The molecule has 0 bridgehead atoms. The average Bonchev–Trinajstić information content (AvgIpc) is 2.28. The number of hydrogen-bond acceptors (Lipinski definition) is 2. The number of carbonyl (C=O) groups excluding carboxylic acids is 1. The van der Waals surface area contributed by atoms with E-state index in [0.29, 0.717) is 13.1 Å². The van der Waals surface area contributed by atoms with Crippen molar-refractivity contribution in [3.8, 4) is 0 Å². The van der Waals surface area contributed by atoms with Crippen molar-refractivity contribution in [2.45, 2.75) is 13.5 Å². The van der Waals surface area contributed by atoms with E-state index in [9.17, 15) is 9.18 Å². The van der Waals surface area contributed by atoms with Crippen LogP contribution in [0.15, 0.2) is 24.3 Å². The maximum atomic E-state index is 12.8. The number of likely N-dealkylation sites (N-methyl/N-ethyl adjacent to an activating group) is 1. The van der Waals surface area contributed by atoms with Crippen molar-refractivity contribution < 1.29 is 9.18 Å². The lowest BCUT2D eigenvalue weighted by molar-refractivity contribution is -0.128. The Morgan fingerprint density at radius 2 is 2.25 bits per heavy atom. The smallest absolute Gasteiger partial charge is 0.236 e. The van der Waals surface area contributed by atoms with Gasteiger partial charge < -0.3 is 10.2 Å². The minimum absolute atomic E-state index is 0.0407. The summed E-state index contributed by atoms with van der Waals surface area (Å²) in [6.07, 6.45) is 0. The van der Waals surface area contributed by atoms with Crippen molar-refractivity contribution in [2.24, 2.45) is 0 Å². The van der Waals surface area contributed by atoms with Crippen molar-refractivity contribution in [2.75, 3.05) is 20.1 Å². The molecule has 4 heteroatoms. The zero-order chi connectivity index (χ0) is 12.0. The Kier molecular flexibility index (Phi) is 4.92. The van der Waals surface area contributed by atoms with E-state index in [-0.39, 0.29) is 18.3 Å². The molecule has 0 fully saturated rings. The summed E-state index contributed by atoms with van der Waals surface area (Å²) in [6, 6.07) is 6.34. The van der Waals surface area contributed by atoms with Crippen LogP contribution >= 0.6 is 0 Å². The van der Waals surface area contributed by atoms with Crippen molar-refractivity contribution in [3.63, 3.8) is 0 Å². The third-order valence-electron chi connectivity index (χ3n) is 2.39. The second kappa shape index (κ2) is 6.23. The monoisotopic (exact) mass is 224 g/mol. The highest BCUT2D eigenvalue weighted by atomic mass is 19.1. The summed E-state index contributed by atoms with van der Waals surface area (Å²) in [5.74, 6) is -0.213. The summed E-state index contributed by atoms with van der Waals surface area (Å²) in [6.45, 7) is 3.40. The Labute approximate surface area is 95.3 Å². The van der Waals surface area contributed by atoms with Gasteiger partial charge in [0.15, 0.2) is 0 Å². The molecule has 0 spiro atoms. The van der Waals surface area contributed by atoms with E-state index < -0.39 is 0 Å². The predicted octanol–water partition coefficient (Wildman–Crippen LogP) is 1.39. The van der Waals surface area contributed by atoms with Crippen LogP contribution < -0.4 is 5.32 Å². The Morgan fingerprint density at radius 1 is 1.50 bits per heavy atom. The van der Waals surface area contributed by atoms with E-state index in [1.54, 1.807) is 18.0 Å². The summed E-state index contributed by atoms with van der Waals surface area (Å²) >= 11 is 0. The second-order valence-electron chi connectivity index (χ2n) is 3.64. The molecular weight excluding hydrogens is 207 g/mol. The number of rotatable bonds is 5. The van der Waals surface area contributed by atoms with Crippen LogP contribution in [0.2, 0.25) is 0 Å². The molecule has 0 aromatic heterocycles. The largest absolute Gasteiger partial charge is 0.345 e. The van der Waals surface area contributed by atoms with Gasteiger partial charge in [-0.3, -0.25) is 4.79 Å². The molecule has 1 aromatic carbocycles. The Balaban J connectivity index is 2.33. The van der Waals surface area contributed by atoms with Crippen LogP contribution in [-0.4, -0.2) is 30.9 Å². The molecular formula is C12H17FN2O. The molecule has 0 heterocycles. The van der Waals surface area contributed by atoms with Gasteiger partial charge in [0.1, 0.15) is 5.82 Å². The molecule has 88 valence electrons. The van der Waals surface area contributed by atoms with Gasteiger partial charge in [0.05, 0.1) is 6.54 Å². The third kappa shape index (κ3) is 3.98. The van der Waals surface area contributed by atoms with Crippen LogP contribution in [0.4, 0.5) is 4.39 Å². The van der Waals surface area contributed by atoms with Gasteiger partial charge in [-0.25, -0.2) is 4.39 Å². The second-order valence-corrected chi connectivity index (χ2v) is 3.64. The van der Waals surface area contributed by atoms with Crippen LogP contribution in [0.5, 0.6) is 0 Å². The van der Waals surface area contributed by atoms with Gasteiger partial charge >= 0.3 is 0 Å². The fourth-order valence-electron chi connectivity index (χ4n) is 1.27. The molecule has 0 unspecified atom stereocenters. The van der Waals surface area contributed by atoms with Crippen molar-refractivity contribution in [1.29, 1.82) is 0 Å². The summed E-state index contributed by atoms with van der Waals surface area (Å²) in [5, 5.41) is 2.99. The zero-order valence-corrected chi connectivity index (χ0v) is 9.66. The van der Waals surface area contributed by atoms with Crippen LogP contribution in [0.1, 0.15) is 12.5 Å². The van der Waals surface area contributed by atoms with Crippen LogP contribution in [-0.2, 0) is 11.3 Å². The van der Waals surface area contributed by atoms with Crippen LogP contribution in [0.25, 0.3) is 0 Å². The number of benzene rings is 1. The molecule has 0 atom stereocenters. The maximum absolute atomic E-state index is 12.8. The quantitative estimate of drug-likeness (QED) is 0.819. The number of amides is 1. The lowest BCUT2D eigenvalue weighted by Crippen LogP contribution is -2.35. The highest BCUT2D eigenvalue weighted by molar-refractivity contribution is 5.77. The highest BCUT2D eigenvalue weighted by Gasteiger charge is 2.05. The van der Waals surface area contributed by atoms with Crippen LogP contribution in [0, 0.1) is 5.82 Å². The normalized spacial score (nSPS) is 10.2. The Bertz CT molecular complexity index is 355. The molecule has 0 aliphatic rings. The van der Waals surface area contributed by atoms with Gasteiger partial charge in [0, 0.05) is 20.1 Å². The molecule has 1 aromatic rings. The first kappa shape index (κ1) is 12.6. The first-order chi connectivity index (χ1) is 7.63. The van der Waals surface area contributed by atoms with E-state index >= 15 is 0 Å². The van der Waals surface area contributed by atoms with Crippen LogP contribution in [0.3, 0.4) is 0 Å². The molecule has 0 radical (unpaired) electrons. The minimum Gasteiger partial charge on any atom is -0.345 e. The number of halogens is 1. The Hall–Kier alpha value is -1.42. The molecule has 0 aliphatic carbocycles. The minimum atomic E-state index is -0.253. The number of nitrogens with zero attached hydrogens (tertiary/aromatic N) is 1. The fraction of sp³-hybridized carbons (Fsp3) is 0.417. The Morgan fingerprint density at radius 3 is 2.88 bits per heavy atom. The molecule has 0 aliphatic heterocycles. The standard InChI is InChI=1S/C12H17FN2O/c1-3-15(2)12(16)9-14-8-10-5-4-6-11(13)7-10/h4-7,14H,3,8-9H2,1-2H3. The van der Waals surface area contributed by atoms with E-state index in [4.69, 9.17) is 0 Å². The SMILES string of the molecule is CCN(C)C(=O)CNCc1cccc(F)c1. The van der Waals surface area contributed by atoms with E-state index in [1.807, 2.05) is 13.0 Å². The first-order valence-electron chi connectivity index (χ1n) is 5.32. The molecule has 0 saturated carbocycles. The van der Waals surface area contributed by atoms with Gasteiger partial charge in [-0.2, -0.15) is 0 Å². The summed E-state index contributed by atoms with van der Waals surface area (Å²) in [5.41, 5.74) is 0.840. The molecule has 1 amide bonds. The number of carbonyl (C=O) groups is 1. The highest BCUT2D eigenvalue weighted by Crippen LogP contribution is 2.02. The van der Waals surface area contributed by atoms with Crippen molar-refractivity contribution >= 4 is 5.91 Å². The third-order valence-corrected chi connectivity index (χ3v) is 2.39. The maximum Gasteiger partial charge on any atom is 0.236 e. The summed E-state index contributed by atoms with van der Waals surface area (Å²) < 4.78 is 12.8. The van der Waals surface area contributed by atoms with Gasteiger partial charge in [-0.1, -0.05) is 12.1 Å². The topological polar surface area (TPSA) is 32.3 Å². The molecule has 3 nitrogen and oxygen atoms in total. The van der Waals surface area contributed by atoms with E-state index in [0.717, 1.165) is 5.56 Å². The summed E-state index contributed by atoms with van der Waals surface area (Å²) in [7, 11) is 1.76. The molecule has 1 rings (SSSR count). The van der Waals surface area contributed by atoms with Gasteiger partial charge in [-0.05, 0) is 24.6 Å². The molecule has 1 N–H and O–H groups in total. The van der Waals surface area contributed by atoms with Crippen molar-refractivity contribution in [3.05, 3.63) is 35.6 Å². The summed E-state index contributed by atoms with van der Waals surface area (Å²) in [4.78, 5) is 13.1. The van der Waals surface area contributed by atoms with Gasteiger partial charge in [0.2, 0.25) is 5.91 Å². The van der Waals surface area contributed by atoms with Crippen molar-refractivity contribution in [1.82, 2.24) is 10.2 Å². The van der Waals surface area contributed by atoms with E-state index in [2.05, 4.69) is 5.32 Å². The predicted molar refractivity (Wildman–Crippen MR) is 61.4 cm³/mol. The lowest BCUT2D eigenvalue weighted by Gasteiger charge is -2.14. The lowest BCUT2D eigenvalue weighted by atomic mass is 10.2. The first-order valence-corrected chi connectivity index (χ1v) is 5.32. The fourth-order valence-corrected chi connectivity index (χ4v) is 1.27. The van der Waals surface area contributed by atoms with Gasteiger partial charge in [0.25, 0.3) is 0 Å². The van der Waals surface area contributed by atoms with Gasteiger partial charge in [-0.15, -0.1) is 0 Å². The molecule has 16 heavy (non-hydrogen) atoms. The zero-order valence-electron chi connectivity index (χ0n) is 9.66.